The van der Waals surface area contributed by atoms with Crippen LogP contribution in [0.25, 0.3) is 10.9 Å². The fraction of sp³-hybridized carbons (Fsp3) is 0.118. The van der Waals surface area contributed by atoms with Gasteiger partial charge in [-0.2, -0.15) is 0 Å². The van der Waals surface area contributed by atoms with Crippen molar-refractivity contribution in [3.63, 3.8) is 0 Å². The molecular formula is C17H16N2O2. The Hall–Kier alpha value is -2.75. The van der Waals surface area contributed by atoms with E-state index in [1.165, 1.54) is 10.9 Å². The highest BCUT2D eigenvalue weighted by molar-refractivity contribution is 5.88. The van der Waals surface area contributed by atoms with Crippen molar-refractivity contribution in [2.45, 2.75) is 13.5 Å². The van der Waals surface area contributed by atoms with Crippen LogP contribution in [0.2, 0.25) is 0 Å². The van der Waals surface area contributed by atoms with Crippen LogP contribution < -0.4 is 5.32 Å². The average Bonchev–Trinajstić information content (AvgIpc) is 2.93. The maximum Gasteiger partial charge on any atom is 0.335 e. The quantitative estimate of drug-likeness (QED) is 0.681. The minimum Gasteiger partial charge on any atom is -0.478 e. The molecular weight excluding hydrogens is 264 g/mol. The maximum absolute atomic E-state index is 10.9. The number of aromatic carboxylic acids is 1. The predicted octanol–water partition coefficient (Wildman–Crippen LogP) is 3.79. The zero-order chi connectivity index (χ0) is 14.8. The van der Waals surface area contributed by atoms with E-state index in [0.717, 1.165) is 16.8 Å². The van der Waals surface area contributed by atoms with Crippen molar-refractivity contribution in [2.75, 3.05) is 5.32 Å². The molecule has 2 aromatic carbocycles. The number of aromatic nitrogens is 1. The number of anilines is 1. The Bertz CT molecular complexity index is 805. The predicted molar refractivity (Wildman–Crippen MR) is 83.8 cm³/mol. The van der Waals surface area contributed by atoms with Gasteiger partial charge in [-0.25, -0.2) is 4.79 Å². The number of nitrogens with one attached hydrogen (secondary N) is 2. The first-order valence-electron chi connectivity index (χ1n) is 6.77. The van der Waals surface area contributed by atoms with Crippen molar-refractivity contribution in [3.8, 4) is 0 Å². The van der Waals surface area contributed by atoms with E-state index >= 15 is 0 Å². The molecule has 0 radical (unpaired) electrons. The Kier molecular flexibility index (Phi) is 3.36. The van der Waals surface area contributed by atoms with Crippen LogP contribution in [0, 0.1) is 6.92 Å². The summed E-state index contributed by atoms with van der Waals surface area (Å²) in [6, 6.07) is 13.4. The molecule has 1 heterocycles. The summed E-state index contributed by atoms with van der Waals surface area (Å²) in [4.78, 5) is 14.1. The highest BCUT2D eigenvalue weighted by atomic mass is 16.4. The lowest BCUT2D eigenvalue weighted by molar-refractivity contribution is 0.0697. The van der Waals surface area contributed by atoms with Crippen LogP contribution in [0.1, 0.15) is 21.5 Å². The van der Waals surface area contributed by atoms with Gasteiger partial charge >= 0.3 is 5.97 Å². The third-order valence-electron chi connectivity index (χ3n) is 3.58. The molecule has 1 aromatic heterocycles. The molecule has 0 aliphatic heterocycles. The van der Waals surface area contributed by atoms with Gasteiger partial charge in [0.2, 0.25) is 0 Å². The van der Waals surface area contributed by atoms with E-state index < -0.39 is 5.97 Å². The smallest absolute Gasteiger partial charge is 0.335 e. The van der Waals surface area contributed by atoms with Crippen LogP contribution >= 0.6 is 0 Å². The molecule has 3 N–H and O–H groups in total. The normalized spacial score (nSPS) is 10.7. The van der Waals surface area contributed by atoms with Gasteiger partial charge in [0.25, 0.3) is 0 Å². The standard InChI is InChI=1S/C17H16N2O2/c1-11-8-14(17(20)21)4-5-15(11)19-10-12-2-3-13-6-7-18-16(13)9-12/h2-9,18-19H,10H2,1H3,(H,20,21). The molecule has 0 saturated carbocycles. The van der Waals surface area contributed by atoms with E-state index in [1.807, 2.05) is 25.3 Å². The fourth-order valence-electron chi connectivity index (χ4n) is 2.40. The molecule has 0 bridgehead atoms. The molecule has 3 rings (SSSR count). The second-order valence-corrected chi connectivity index (χ2v) is 5.09. The maximum atomic E-state index is 10.9. The molecule has 0 fully saturated rings. The lowest BCUT2D eigenvalue weighted by atomic mass is 10.1. The molecule has 0 atom stereocenters. The van der Waals surface area contributed by atoms with Crippen LogP contribution in [-0.4, -0.2) is 16.1 Å². The minimum absolute atomic E-state index is 0.311. The van der Waals surface area contributed by atoms with Gasteiger partial charge in [-0.1, -0.05) is 12.1 Å². The zero-order valence-corrected chi connectivity index (χ0v) is 11.7. The van der Waals surface area contributed by atoms with Crippen molar-refractivity contribution in [1.82, 2.24) is 4.98 Å². The summed E-state index contributed by atoms with van der Waals surface area (Å²) in [6.45, 7) is 2.60. The number of carbonyl (C=O) groups is 1. The molecule has 0 aliphatic rings. The Morgan fingerprint density at radius 2 is 2.05 bits per heavy atom. The van der Waals surface area contributed by atoms with Crippen molar-refractivity contribution in [1.29, 1.82) is 0 Å². The van der Waals surface area contributed by atoms with Gasteiger partial charge in [-0.05, 0) is 53.8 Å². The van der Waals surface area contributed by atoms with E-state index in [0.29, 0.717) is 12.1 Å². The van der Waals surface area contributed by atoms with Crippen LogP contribution in [0.15, 0.2) is 48.7 Å². The first-order chi connectivity index (χ1) is 10.1. The SMILES string of the molecule is Cc1cc(C(=O)O)ccc1NCc1ccc2cc[nH]c2c1. The van der Waals surface area contributed by atoms with Crippen molar-refractivity contribution in [2.24, 2.45) is 0 Å². The number of fused-ring (bicyclic) bond motifs is 1. The highest BCUT2D eigenvalue weighted by Gasteiger charge is 2.05. The number of carboxylic acid groups (broad SMARTS) is 1. The lowest BCUT2D eigenvalue weighted by Gasteiger charge is -2.10. The summed E-state index contributed by atoms with van der Waals surface area (Å²) in [6.07, 6.45) is 1.93. The number of hydrogen-bond acceptors (Lipinski definition) is 2. The van der Waals surface area contributed by atoms with Gasteiger partial charge in [-0.3, -0.25) is 0 Å². The van der Waals surface area contributed by atoms with E-state index in [9.17, 15) is 4.79 Å². The van der Waals surface area contributed by atoms with E-state index in [-0.39, 0.29) is 0 Å². The van der Waals surface area contributed by atoms with Crippen molar-refractivity contribution < 1.29 is 9.90 Å². The van der Waals surface area contributed by atoms with Crippen LogP contribution in [-0.2, 0) is 6.54 Å². The number of hydrogen-bond donors (Lipinski definition) is 3. The number of rotatable bonds is 4. The monoisotopic (exact) mass is 280 g/mol. The first-order valence-corrected chi connectivity index (χ1v) is 6.77. The Morgan fingerprint density at radius 3 is 2.81 bits per heavy atom. The summed E-state index contributed by atoms with van der Waals surface area (Å²) in [5, 5.41) is 13.5. The second kappa shape index (κ2) is 5.32. The number of aromatic amines is 1. The summed E-state index contributed by atoms with van der Waals surface area (Å²) < 4.78 is 0. The number of carboxylic acids is 1. The third-order valence-corrected chi connectivity index (χ3v) is 3.58. The van der Waals surface area contributed by atoms with Gasteiger partial charge < -0.3 is 15.4 Å². The molecule has 0 saturated heterocycles. The molecule has 0 aliphatic carbocycles. The summed E-state index contributed by atoms with van der Waals surface area (Å²) >= 11 is 0. The topological polar surface area (TPSA) is 65.1 Å². The molecule has 4 heteroatoms. The zero-order valence-electron chi connectivity index (χ0n) is 11.7. The van der Waals surface area contributed by atoms with Crippen LogP contribution in [0.5, 0.6) is 0 Å². The Labute approximate surface area is 122 Å². The Balaban J connectivity index is 1.76. The lowest BCUT2D eigenvalue weighted by Crippen LogP contribution is -2.03. The molecule has 4 nitrogen and oxygen atoms in total. The van der Waals surface area contributed by atoms with E-state index in [4.69, 9.17) is 5.11 Å². The largest absolute Gasteiger partial charge is 0.478 e. The molecule has 0 amide bonds. The van der Waals surface area contributed by atoms with E-state index in [2.05, 4.69) is 28.5 Å². The molecule has 0 unspecified atom stereocenters. The van der Waals surface area contributed by atoms with E-state index in [1.54, 1.807) is 12.1 Å². The molecule has 106 valence electrons. The summed E-state index contributed by atoms with van der Waals surface area (Å²) in [7, 11) is 0. The van der Waals surface area contributed by atoms with Crippen LogP contribution in [0.4, 0.5) is 5.69 Å². The first kappa shape index (κ1) is 13.2. The summed E-state index contributed by atoms with van der Waals surface area (Å²) in [5.74, 6) is -0.901. The minimum atomic E-state index is -0.901. The molecule has 3 aromatic rings. The van der Waals surface area contributed by atoms with Gasteiger partial charge in [0.15, 0.2) is 0 Å². The third kappa shape index (κ3) is 2.74. The van der Waals surface area contributed by atoms with Gasteiger partial charge in [0.05, 0.1) is 5.56 Å². The van der Waals surface area contributed by atoms with Crippen molar-refractivity contribution in [3.05, 3.63) is 65.4 Å². The average molecular weight is 280 g/mol. The molecule has 21 heavy (non-hydrogen) atoms. The highest BCUT2D eigenvalue weighted by Crippen LogP contribution is 2.19. The number of benzene rings is 2. The molecule has 0 spiro atoms. The second-order valence-electron chi connectivity index (χ2n) is 5.09. The van der Waals surface area contributed by atoms with Crippen LogP contribution in [0.3, 0.4) is 0 Å². The Morgan fingerprint density at radius 1 is 1.19 bits per heavy atom. The van der Waals surface area contributed by atoms with Crippen molar-refractivity contribution >= 4 is 22.6 Å². The van der Waals surface area contributed by atoms with Gasteiger partial charge in [-0.15, -0.1) is 0 Å². The van der Waals surface area contributed by atoms with Gasteiger partial charge in [0.1, 0.15) is 0 Å². The summed E-state index contributed by atoms with van der Waals surface area (Å²) in [5.41, 5.74) is 4.48. The number of H-pyrrole nitrogens is 1. The fourth-order valence-corrected chi connectivity index (χ4v) is 2.40. The van der Waals surface area contributed by atoms with Gasteiger partial charge in [0, 0.05) is 23.9 Å². The number of aryl methyl sites for hydroxylation is 1.